The topological polar surface area (TPSA) is 89.7 Å². The number of anilines is 1. The van der Waals surface area contributed by atoms with Gasteiger partial charge in [-0.05, 0) is 42.5 Å². The number of aromatic nitrogens is 4. The lowest BCUT2D eigenvalue weighted by molar-refractivity contribution is 0.467. The van der Waals surface area contributed by atoms with Crippen LogP contribution in [0.25, 0.3) is 11.2 Å². The van der Waals surface area contributed by atoms with Crippen molar-refractivity contribution in [3.63, 3.8) is 0 Å². The summed E-state index contributed by atoms with van der Waals surface area (Å²) in [5.74, 6) is 1.32. The SMILES string of the molecule is Nc1nc(Oc2ccc3c(c2)CCC3)c2[nH]cnc2n1. The summed E-state index contributed by atoms with van der Waals surface area (Å²) in [6, 6.07) is 6.15. The van der Waals surface area contributed by atoms with Gasteiger partial charge in [-0.15, -0.1) is 0 Å². The standard InChI is InChI=1S/C14H13N5O/c15-14-18-12-11(16-7-17-12)13(19-14)20-10-5-4-8-2-1-3-9(8)6-10/h4-7H,1-3H2,(H3,15,16,17,18,19). The van der Waals surface area contributed by atoms with E-state index in [4.69, 9.17) is 10.5 Å². The first-order valence-electron chi connectivity index (χ1n) is 6.56. The van der Waals surface area contributed by atoms with Crippen molar-refractivity contribution in [2.24, 2.45) is 0 Å². The second-order valence-corrected chi connectivity index (χ2v) is 4.87. The van der Waals surface area contributed by atoms with Crippen LogP contribution in [0.5, 0.6) is 11.6 Å². The number of rotatable bonds is 2. The Kier molecular flexibility index (Phi) is 2.35. The van der Waals surface area contributed by atoms with E-state index in [1.54, 1.807) is 6.33 Å². The second kappa shape index (κ2) is 4.19. The lowest BCUT2D eigenvalue weighted by Gasteiger charge is -2.07. The van der Waals surface area contributed by atoms with Crippen molar-refractivity contribution in [3.05, 3.63) is 35.7 Å². The summed E-state index contributed by atoms with van der Waals surface area (Å²) < 4.78 is 5.85. The molecule has 3 aromatic rings. The zero-order chi connectivity index (χ0) is 13.5. The Bertz CT molecular complexity index is 795. The first kappa shape index (κ1) is 11.2. The third kappa shape index (κ3) is 1.77. The van der Waals surface area contributed by atoms with Crippen LogP contribution in [0.1, 0.15) is 17.5 Å². The summed E-state index contributed by atoms with van der Waals surface area (Å²) in [5.41, 5.74) is 9.59. The van der Waals surface area contributed by atoms with Crippen molar-refractivity contribution in [1.29, 1.82) is 0 Å². The number of hydrogen-bond donors (Lipinski definition) is 2. The number of hydrogen-bond acceptors (Lipinski definition) is 5. The van der Waals surface area contributed by atoms with Crippen LogP contribution in [0.2, 0.25) is 0 Å². The lowest BCUT2D eigenvalue weighted by Crippen LogP contribution is -1.98. The maximum absolute atomic E-state index is 5.85. The van der Waals surface area contributed by atoms with E-state index < -0.39 is 0 Å². The highest BCUT2D eigenvalue weighted by Crippen LogP contribution is 2.30. The molecule has 0 spiro atoms. The van der Waals surface area contributed by atoms with Gasteiger partial charge in [0.25, 0.3) is 5.88 Å². The first-order chi connectivity index (χ1) is 9.79. The number of ether oxygens (including phenoxy) is 1. The zero-order valence-electron chi connectivity index (χ0n) is 10.8. The largest absolute Gasteiger partial charge is 0.437 e. The molecule has 0 aliphatic heterocycles. The summed E-state index contributed by atoms with van der Waals surface area (Å²) in [6.45, 7) is 0. The summed E-state index contributed by atoms with van der Waals surface area (Å²) in [5, 5.41) is 0. The minimum Gasteiger partial charge on any atom is -0.437 e. The molecule has 20 heavy (non-hydrogen) atoms. The summed E-state index contributed by atoms with van der Waals surface area (Å²) >= 11 is 0. The molecule has 0 unspecified atom stereocenters. The van der Waals surface area contributed by atoms with E-state index in [2.05, 4.69) is 32.1 Å². The number of aromatic amines is 1. The molecule has 0 fully saturated rings. The van der Waals surface area contributed by atoms with E-state index in [9.17, 15) is 0 Å². The highest BCUT2D eigenvalue weighted by Gasteiger charge is 2.14. The molecule has 1 aromatic carbocycles. The van der Waals surface area contributed by atoms with Gasteiger partial charge in [-0.2, -0.15) is 9.97 Å². The van der Waals surface area contributed by atoms with Crippen LogP contribution >= 0.6 is 0 Å². The van der Waals surface area contributed by atoms with Crippen molar-refractivity contribution < 1.29 is 4.74 Å². The molecule has 6 nitrogen and oxygen atoms in total. The number of imidazole rings is 1. The normalized spacial score (nSPS) is 13.6. The Morgan fingerprint density at radius 3 is 3.00 bits per heavy atom. The third-order valence-electron chi connectivity index (χ3n) is 3.55. The molecule has 1 aliphatic rings. The van der Waals surface area contributed by atoms with E-state index in [1.165, 1.54) is 17.5 Å². The first-order valence-corrected chi connectivity index (χ1v) is 6.56. The third-order valence-corrected chi connectivity index (χ3v) is 3.55. The predicted molar refractivity (Wildman–Crippen MR) is 74.6 cm³/mol. The molecule has 3 N–H and O–H groups in total. The highest BCUT2D eigenvalue weighted by molar-refractivity contribution is 5.77. The lowest BCUT2D eigenvalue weighted by atomic mass is 10.1. The Morgan fingerprint density at radius 1 is 1.15 bits per heavy atom. The molecule has 1 aliphatic carbocycles. The number of aryl methyl sites for hydroxylation is 2. The second-order valence-electron chi connectivity index (χ2n) is 4.87. The van der Waals surface area contributed by atoms with E-state index in [0.717, 1.165) is 18.6 Å². The smallest absolute Gasteiger partial charge is 0.250 e. The van der Waals surface area contributed by atoms with Crippen LogP contribution < -0.4 is 10.5 Å². The number of nitrogens with two attached hydrogens (primary N) is 1. The van der Waals surface area contributed by atoms with Gasteiger partial charge >= 0.3 is 0 Å². The fourth-order valence-corrected chi connectivity index (χ4v) is 2.62. The van der Waals surface area contributed by atoms with Crippen molar-refractivity contribution in [2.75, 3.05) is 5.73 Å². The molecule has 0 bridgehead atoms. The summed E-state index contributed by atoms with van der Waals surface area (Å²) in [7, 11) is 0. The number of nitrogen functional groups attached to an aromatic ring is 1. The average molecular weight is 267 g/mol. The highest BCUT2D eigenvalue weighted by atomic mass is 16.5. The molecule has 6 heteroatoms. The number of fused-ring (bicyclic) bond motifs is 2. The van der Waals surface area contributed by atoms with Gasteiger partial charge in [0.1, 0.15) is 11.3 Å². The van der Waals surface area contributed by atoms with Crippen LogP contribution in [0.15, 0.2) is 24.5 Å². The van der Waals surface area contributed by atoms with Gasteiger partial charge < -0.3 is 15.5 Å². The minimum atomic E-state index is 0.153. The van der Waals surface area contributed by atoms with Crippen LogP contribution in [0, 0.1) is 0 Å². The predicted octanol–water partition coefficient (Wildman–Crippen LogP) is 2.22. The Balaban J connectivity index is 1.75. The maximum Gasteiger partial charge on any atom is 0.250 e. The van der Waals surface area contributed by atoms with Crippen LogP contribution in [0.3, 0.4) is 0 Å². The van der Waals surface area contributed by atoms with Crippen LogP contribution in [-0.4, -0.2) is 19.9 Å². The molecule has 0 amide bonds. The van der Waals surface area contributed by atoms with Gasteiger partial charge in [0.05, 0.1) is 6.33 Å². The molecule has 2 aromatic heterocycles. The molecule has 2 heterocycles. The van der Waals surface area contributed by atoms with Crippen molar-refractivity contribution in [2.45, 2.75) is 19.3 Å². The summed E-state index contributed by atoms with van der Waals surface area (Å²) in [6.07, 6.45) is 5.02. The van der Waals surface area contributed by atoms with Gasteiger partial charge in [-0.3, -0.25) is 0 Å². The van der Waals surface area contributed by atoms with Crippen molar-refractivity contribution in [1.82, 2.24) is 19.9 Å². The van der Waals surface area contributed by atoms with E-state index in [0.29, 0.717) is 17.0 Å². The summed E-state index contributed by atoms with van der Waals surface area (Å²) in [4.78, 5) is 15.2. The Morgan fingerprint density at radius 2 is 2.05 bits per heavy atom. The molecular formula is C14H13N5O. The Hall–Kier alpha value is -2.63. The fourth-order valence-electron chi connectivity index (χ4n) is 2.62. The number of nitrogens with one attached hydrogen (secondary N) is 1. The van der Waals surface area contributed by atoms with E-state index >= 15 is 0 Å². The number of nitrogens with zero attached hydrogens (tertiary/aromatic N) is 3. The van der Waals surface area contributed by atoms with Gasteiger partial charge in [0.2, 0.25) is 5.95 Å². The molecule has 0 atom stereocenters. The zero-order valence-corrected chi connectivity index (χ0v) is 10.8. The monoisotopic (exact) mass is 267 g/mol. The van der Waals surface area contributed by atoms with Crippen molar-refractivity contribution >= 4 is 17.1 Å². The van der Waals surface area contributed by atoms with Gasteiger partial charge in [-0.25, -0.2) is 4.98 Å². The molecular weight excluding hydrogens is 254 g/mol. The molecule has 4 rings (SSSR count). The van der Waals surface area contributed by atoms with Crippen molar-refractivity contribution in [3.8, 4) is 11.6 Å². The molecule has 0 radical (unpaired) electrons. The number of H-pyrrole nitrogens is 1. The fraction of sp³-hybridized carbons (Fsp3) is 0.214. The van der Waals surface area contributed by atoms with Crippen LogP contribution in [-0.2, 0) is 12.8 Å². The minimum absolute atomic E-state index is 0.153. The van der Waals surface area contributed by atoms with E-state index in [-0.39, 0.29) is 5.95 Å². The quantitative estimate of drug-likeness (QED) is 0.743. The van der Waals surface area contributed by atoms with Gasteiger partial charge in [0.15, 0.2) is 5.65 Å². The van der Waals surface area contributed by atoms with E-state index in [1.807, 2.05) is 6.07 Å². The molecule has 0 saturated heterocycles. The number of benzene rings is 1. The maximum atomic E-state index is 5.85. The average Bonchev–Trinajstić information content (AvgIpc) is 3.05. The molecule has 0 saturated carbocycles. The van der Waals surface area contributed by atoms with Gasteiger partial charge in [0, 0.05) is 0 Å². The van der Waals surface area contributed by atoms with Gasteiger partial charge in [-0.1, -0.05) is 6.07 Å². The molecule has 100 valence electrons. The Labute approximate surface area is 115 Å². The van der Waals surface area contributed by atoms with Crippen LogP contribution in [0.4, 0.5) is 5.95 Å².